The van der Waals surface area contributed by atoms with Crippen molar-refractivity contribution >= 4 is 0 Å². The number of rotatable bonds is 5. The normalized spacial score (nSPS) is 29.2. The summed E-state index contributed by atoms with van der Waals surface area (Å²) in [7, 11) is 0. The van der Waals surface area contributed by atoms with Gasteiger partial charge in [0.15, 0.2) is 11.5 Å². The molecule has 3 unspecified atom stereocenters. The third-order valence-corrected chi connectivity index (χ3v) is 4.77. The van der Waals surface area contributed by atoms with Crippen LogP contribution in [0, 0.1) is 11.8 Å². The average molecular weight is 291 g/mol. The van der Waals surface area contributed by atoms with Crippen LogP contribution in [0.3, 0.4) is 0 Å². The van der Waals surface area contributed by atoms with Gasteiger partial charge in [-0.25, -0.2) is 0 Å². The Bertz CT molecular complexity index is 474. The van der Waals surface area contributed by atoms with Crippen LogP contribution in [0.25, 0.3) is 0 Å². The first kappa shape index (κ1) is 16.2. The zero-order valence-electron chi connectivity index (χ0n) is 13.8. The van der Waals surface area contributed by atoms with E-state index in [1.165, 1.54) is 18.4 Å². The van der Waals surface area contributed by atoms with Crippen molar-refractivity contribution in [2.24, 2.45) is 17.6 Å². The monoisotopic (exact) mass is 291 g/mol. The third-order valence-electron chi connectivity index (χ3n) is 4.77. The zero-order chi connectivity index (χ0) is 15.5. The highest BCUT2D eigenvalue weighted by molar-refractivity contribution is 5.45. The molecule has 3 atom stereocenters. The minimum atomic E-state index is -0.247. The van der Waals surface area contributed by atoms with Gasteiger partial charge in [0.1, 0.15) is 0 Å². The van der Waals surface area contributed by atoms with E-state index in [1.54, 1.807) is 0 Å². The molecule has 0 bridgehead atoms. The molecule has 3 nitrogen and oxygen atoms in total. The molecular weight excluding hydrogens is 262 g/mol. The fraction of sp³-hybridized carbons (Fsp3) is 0.667. The molecule has 0 amide bonds. The molecule has 0 spiro atoms. The molecule has 1 aliphatic carbocycles. The number of ether oxygens (including phenoxy) is 2. The van der Waals surface area contributed by atoms with Gasteiger partial charge in [-0.05, 0) is 62.6 Å². The topological polar surface area (TPSA) is 44.5 Å². The van der Waals surface area contributed by atoms with E-state index in [4.69, 9.17) is 15.2 Å². The van der Waals surface area contributed by atoms with Gasteiger partial charge in [0.25, 0.3) is 0 Å². The smallest absolute Gasteiger partial charge is 0.161 e. The number of hydrogen-bond acceptors (Lipinski definition) is 3. The van der Waals surface area contributed by atoms with Crippen molar-refractivity contribution in [2.45, 2.75) is 52.5 Å². The Morgan fingerprint density at radius 1 is 1.14 bits per heavy atom. The maximum Gasteiger partial charge on any atom is 0.161 e. The van der Waals surface area contributed by atoms with E-state index in [2.05, 4.69) is 26.0 Å². The van der Waals surface area contributed by atoms with Gasteiger partial charge in [0.2, 0.25) is 0 Å². The van der Waals surface area contributed by atoms with Gasteiger partial charge in [-0.3, -0.25) is 0 Å². The molecule has 118 valence electrons. The quantitative estimate of drug-likeness (QED) is 0.888. The number of nitrogens with two attached hydrogens (primary N) is 1. The average Bonchev–Trinajstić information content (AvgIpc) is 2.46. The molecule has 1 aromatic carbocycles. The molecule has 0 radical (unpaired) electrons. The first-order valence-electron chi connectivity index (χ1n) is 8.20. The zero-order valence-corrected chi connectivity index (χ0v) is 13.8. The molecule has 1 fully saturated rings. The summed E-state index contributed by atoms with van der Waals surface area (Å²) in [4.78, 5) is 0. The molecule has 3 heteroatoms. The maximum atomic E-state index is 6.78. The van der Waals surface area contributed by atoms with E-state index in [0.717, 1.165) is 23.8 Å². The Kier molecular flexibility index (Phi) is 5.15. The lowest BCUT2D eigenvalue weighted by Gasteiger charge is -2.42. The first-order chi connectivity index (χ1) is 10.0. The summed E-state index contributed by atoms with van der Waals surface area (Å²) in [6.45, 7) is 9.84. The molecule has 1 saturated carbocycles. The summed E-state index contributed by atoms with van der Waals surface area (Å²) in [6.07, 6.45) is 3.42. The van der Waals surface area contributed by atoms with Crippen LogP contribution in [0.1, 0.15) is 52.5 Å². The maximum absolute atomic E-state index is 6.78. The van der Waals surface area contributed by atoms with Gasteiger partial charge in [-0.2, -0.15) is 0 Å². The van der Waals surface area contributed by atoms with E-state index < -0.39 is 0 Å². The van der Waals surface area contributed by atoms with Crippen LogP contribution >= 0.6 is 0 Å². The molecule has 21 heavy (non-hydrogen) atoms. The minimum absolute atomic E-state index is 0.247. The SMILES string of the molecule is CCOc1ccc(C2(N)CCC(C)CC2C)cc1OCC. The second kappa shape index (κ2) is 6.69. The van der Waals surface area contributed by atoms with Crippen LogP contribution in [0.2, 0.25) is 0 Å². The van der Waals surface area contributed by atoms with Crippen molar-refractivity contribution < 1.29 is 9.47 Å². The van der Waals surface area contributed by atoms with Gasteiger partial charge in [0.05, 0.1) is 13.2 Å². The molecule has 0 aliphatic heterocycles. The van der Waals surface area contributed by atoms with Gasteiger partial charge < -0.3 is 15.2 Å². The second-order valence-electron chi connectivity index (χ2n) is 6.35. The van der Waals surface area contributed by atoms with Crippen LogP contribution in [0.15, 0.2) is 18.2 Å². The fourth-order valence-electron chi connectivity index (χ4n) is 3.43. The molecule has 0 saturated heterocycles. The summed E-state index contributed by atoms with van der Waals surface area (Å²) in [5.41, 5.74) is 7.71. The molecule has 1 aliphatic rings. The van der Waals surface area contributed by atoms with Crippen LogP contribution in [0.5, 0.6) is 11.5 Å². The summed E-state index contributed by atoms with van der Waals surface area (Å²) < 4.78 is 11.4. The highest BCUT2D eigenvalue weighted by Crippen LogP contribution is 2.43. The standard InChI is InChI=1S/C18H29NO2/c1-5-20-16-8-7-15(12-17(16)21-6-2)18(19)10-9-13(3)11-14(18)4/h7-8,12-14H,5-6,9-11,19H2,1-4H3. The Balaban J connectivity index is 2.32. The fourth-order valence-corrected chi connectivity index (χ4v) is 3.43. The number of benzene rings is 1. The molecular formula is C18H29NO2. The van der Waals surface area contributed by atoms with Crippen molar-refractivity contribution in [1.29, 1.82) is 0 Å². The summed E-state index contributed by atoms with van der Waals surface area (Å²) in [5, 5.41) is 0. The Hall–Kier alpha value is -1.22. The van der Waals surface area contributed by atoms with Crippen LogP contribution in [-0.4, -0.2) is 13.2 Å². The van der Waals surface area contributed by atoms with E-state index >= 15 is 0 Å². The van der Waals surface area contributed by atoms with E-state index in [-0.39, 0.29) is 5.54 Å². The molecule has 0 aromatic heterocycles. The number of hydrogen-bond donors (Lipinski definition) is 1. The van der Waals surface area contributed by atoms with E-state index in [1.807, 2.05) is 19.9 Å². The van der Waals surface area contributed by atoms with Crippen LogP contribution < -0.4 is 15.2 Å². The predicted molar refractivity (Wildman–Crippen MR) is 86.8 cm³/mol. The lowest BCUT2D eigenvalue weighted by molar-refractivity contribution is 0.164. The predicted octanol–water partition coefficient (Wildman–Crippen LogP) is 4.09. The van der Waals surface area contributed by atoms with Gasteiger partial charge in [-0.1, -0.05) is 19.9 Å². The summed E-state index contributed by atoms with van der Waals surface area (Å²) in [6, 6.07) is 6.20. The minimum Gasteiger partial charge on any atom is -0.490 e. The molecule has 2 rings (SSSR count). The van der Waals surface area contributed by atoms with Crippen molar-refractivity contribution in [1.82, 2.24) is 0 Å². The third kappa shape index (κ3) is 3.34. The van der Waals surface area contributed by atoms with Crippen LogP contribution in [-0.2, 0) is 5.54 Å². The highest BCUT2D eigenvalue weighted by Gasteiger charge is 2.38. The van der Waals surface area contributed by atoms with Crippen molar-refractivity contribution in [3.63, 3.8) is 0 Å². The van der Waals surface area contributed by atoms with Crippen LogP contribution in [0.4, 0.5) is 0 Å². The lowest BCUT2D eigenvalue weighted by Crippen LogP contribution is -2.46. The lowest BCUT2D eigenvalue weighted by atomic mass is 9.67. The molecule has 2 N–H and O–H groups in total. The van der Waals surface area contributed by atoms with Crippen molar-refractivity contribution in [3.8, 4) is 11.5 Å². The molecule has 1 aromatic rings. The van der Waals surface area contributed by atoms with E-state index in [9.17, 15) is 0 Å². The Labute approximate surface area is 128 Å². The van der Waals surface area contributed by atoms with Crippen molar-refractivity contribution in [2.75, 3.05) is 13.2 Å². The van der Waals surface area contributed by atoms with E-state index in [0.29, 0.717) is 19.1 Å². The Morgan fingerprint density at radius 2 is 1.81 bits per heavy atom. The first-order valence-corrected chi connectivity index (χ1v) is 8.20. The molecule has 0 heterocycles. The Morgan fingerprint density at radius 3 is 2.43 bits per heavy atom. The van der Waals surface area contributed by atoms with Gasteiger partial charge in [0, 0.05) is 5.54 Å². The summed E-state index contributed by atoms with van der Waals surface area (Å²) in [5.74, 6) is 2.87. The second-order valence-corrected chi connectivity index (χ2v) is 6.35. The van der Waals surface area contributed by atoms with Gasteiger partial charge in [-0.15, -0.1) is 0 Å². The highest BCUT2D eigenvalue weighted by atomic mass is 16.5. The largest absolute Gasteiger partial charge is 0.490 e. The van der Waals surface area contributed by atoms with Crippen molar-refractivity contribution in [3.05, 3.63) is 23.8 Å². The summed E-state index contributed by atoms with van der Waals surface area (Å²) >= 11 is 0. The van der Waals surface area contributed by atoms with Gasteiger partial charge >= 0.3 is 0 Å².